The van der Waals surface area contributed by atoms with Crippen LogP contribution in [0.15, 0.2) is 38.6 Å². The van der Waals surface area contributed by atoms with Crippen LogP contribution in [0.25, 0.3) is 5.69 Å². The topological polar surface area (TPSA) is 115 Å². The quantitative estimate of drug-likeness (QED) is 0.245. The first-order valence-corrected chi connectivity index (χ1v) is 13.9. The number of aromatic nitrogens is 2. The Hall–Kier alpha value is -3.05. The van der Waals surface area contributed by atoms with Crippen molar-refractivity contribution in [1.29, 1.82) is 0 Å². The molecule has 198 valence electrons. The van der Waals surface area contributed by atoms with Crippen molar-refractivity contribution in [3.8, 4) is 11.4 Å². The maximum Gasteiger partial charge on any atom is 0.442 e. The fourth-order valence-corrected chi connectivity index (χ4v) is 6.52. The van der Waals surface area contributed by atoms with Crippen LogP contribution in [0.4, 0.5) is 5.00 Å². The molecule has 1 amide bonds. The molecule has 2 heterocycles. The summed E-state index contributed by atoms with van der Waals surface area (Å²) in [6, 6.07) is 7.05. The highest BCUT2D eigenvalue weighted by Gasteiger charge is 2.34. The van der Waals surface area contributed by atoms with Gasteiger partial charge in [0.1, 0.15) is 10.8 Å². The molecule has 0 fully saturated rings. The molecule has 37 heavy (non-hydrogen) atoms. The van der Waals surface area contributed by atoms with Crippen LogP contribution in [0.5, 0.6) is 5.75 Å². The Morgan fingerprint density at radius 3 is 2.65 bits per heavy atom. The first kappa shape index (κ1) is 27.0. The largest absolute Gasteiger partial charge is 0.497 e. The molecule has 4 rings (SSSR count). The van der Waals surface area contributed by atoms with E-state index < -0.39 is 11.6 Å². The van der Waals surface area contributed by atoms with Crippen molar-refractivity contribution in [1.82, 2.24) is 5.27 Å². The third-order valence-electron chi connectivity index (χ3n) is 6.50. The van der Waals surface area contributed by atoms with Gasteiger partial charge in [-0.2, -0.15) is 0 Å². The molecule has 2 N–H and O–H groups in total. The molecule has 1 aliphatic carbocycles. The highest BCUT2D eigenvalue weighted by molar-refractivity contribution is 7.99. The number of rotatable bonds is 8. The van der Waals surface area contributed by atoms with Gasteiger partial charge in [0.05, 0.1) is 25.0 Å². The number of carbonyl (C=O) groups is 2. The number of thiophene rings is 1. The minimum Gasteiger partial charge on any atom is -0.497 e. The van der Waals surface area contributed by atoms with Crippen LogP contribution in [0.3, 0.4) is 0 Å². The lowest BCUT2D eigenvalue weighted by Gasteiger charge is -2.33. The van der Waals surface area contributed by atoms with Gasteiger partial charge in [-0.1, -0.05) is 20.8 Å². The third kappa shape index (κ3) is 5.93. The number of hydrogen-bond acceptors (Lipinski definition) is 8. The van der Waals surface area contributed by atoms with Crippen molar-refractivity contribution in [2.45, 2.75) is 52.0 Å². The molecule has 1 atom stereocenters. The van der Waals surface area contributed by atoms with Gasteiger partial charge >= 0.3 is 16.6 Å². The summed E-state index contributed by atoms with van der Waals surface area (Å²) < 4.78 is 16.9. The van der Waals surface area contributed by atoms with Crippen molar-refractivity contribution < 1.29 is 28.3 Å². The van der Waals surface area contributed by atoms with Gasteiger partial charge < -0.3 is 14.8 Å². The summed E-state index contributed by atoms with van der Waals surface area (Å²) in [5.74, 6) is 0.376. The van der Waals surface area contributed by atoms with Gasteiger partial charge in [-0.15, -0.1) is 11.3 Å². The Balaban J connectivity index is 1.52. The number of nitrogens with one attached hydrogen (secondary N) is 2. The molecular weight excluding hydrogens is 514 g/mol. The van der Waals surface area contributed by atoms with E-state index in [1.165, 1.54) is 16.0 Å². The van der Waals surface area contributed by atoms with E-state index in [4.69, 9.17) is 14.0 Å². The molecule has 9 nitrogen and oxygen atoms in total. The second-order valence-corrected chi connectivity index (χ2v) is 12.0. The van der Waals surface area contributed by atoms with Crippen molar-refractivity contribution in [3.63, 3.8) is 0 Å². The summed E-state index contributed by atoms with van der Waals surface area (Å²) in [5.41, 5.74) is 1.67. The predicted molar refractivity (Wildman–Crippen MR) is 142 cm³/mol. The van der Waals surface area contributed by atoms with Gasteiger partial charge in [-0.05, 0) is 76.9 Å². The Labute approximate surface area is 223 Å². The molecule has 1 aliphatic rings. The van der Waals surface area contributed by atoms with Gasteiger partial charge in [0.15, 0.2) is 0 Å². The minimum absolute atomic E-state index is 0.0474. The number of carbonyl (C=O) groups excluding carboxylic acids is 2. The number of amides is 1. The lowest BCUT2D eigenvalue weighted by atomic mass is 9.72. The van der Waals surface area contributed by atoms with Gasteiger partial charge in [0, 0.05) is 17.0 Å². The van der Waals surface area contributed by atoms with Crippen molar-refractivity contribution >= 4 is 40.0 Å². The zero-order valence-corrected chi connectivity index (χ0v) is 23.3. The van der Waals surface area contributed by atoms with Crippen LogP contribution in [0.2, 0.25) is 0 Å². The zero-order chi connectivity index (χ0) is 26.7. The second kappa shape index (κ2) is 11.1. The number of ether oxygens (including phenoxy) is 2. The molecule has 0 bridgehead atoms. The number of nitrogens with zero attached hydrogens (tertiary/aromatic N) is 1. The standard InChI is InChI=1S/C26H31N3O6S2/c1-6-34-24(31)21-18-12-7-15(26(2,3)4)13-19(18)37-22(21)27-20(30)14-36-23-25(32)35-28-29(23)16-8-10-17(33-5)11-9-16/h8-11,15H,6-7,12-14H2,1-5H3,(H-,27,28,30,31,32)/p+1. The van der Waals surface area contributed by atoms with E-state index in [1.807, 2.05) is 0 Å². The summed E-state index contributed by atoms with van der Waals surface area (Å²) in [5, 5.41) is 6.20. The highest BCUT2D eigenvalue weighted by atomic mass is 32.2. The Kier molecular flexibility index (Phi) is 8.13. The minimum atomic E-state index is -0.583. The molecule has 0 radical (unpaired) electrons. The number of hydrogen-bond donors (Lipinski definition) is 2. The number of thioether (sulfide) groups is 1. The second-order valence-electron chi connectivity index (χ2n) is 9.89. The lowest BCUT2D eigenvalue weighted by molar-refractivity contribution is -0.704. The van der Waals surface area contributed by atoms with Gasteiger partial charge in [-0.3, -0.25) is 9.32 Å². The summed E-state index contributed by atoms with van der Waals surface area (Å²) >= 11 is 2.50. The van der Waals surface area contributed by atoms with E-state index in [9.17, 15) is 14.4 Å². The average molecular weight is 547 g/mol. The van der Waals surface area contributed by atoms with Gasteiger partial charge in [-0.25, -0.2) is 9.59 Å². The molecule has 2 aromatic heterocycles. The van der Waals surface area contributed by atoms with Crippen LogP contribution in [0.1, 0.15) is 54.9 Å². The van der Waals surface area contributed by atoms with Crippen molar-refractivity contribution in [2.24, 2.45) is 11.3 Å². The summed E-state index contributed by atoms with van der Waals surface area (Å²) in [4.78, 5) is 39.3. The number of fused-ring (bicyclic) bond motifs is 1. The molecule has 0 spiro atoms. The van der Waals surface area contributed by atoms with Crippen molar-refractivity contribution in [2.75, 3.05) is 24.8 Å². The molecule has 0 saturated heterocycles. The number of methoxy groups -OCH3 is 1. The molecular formula is C26H32N3O6S2+. The van der Waals surface area contributed by atoms with E-state index in [0.717, 1.165) is 41.5 Å². The van der Waals surface area contributed by atoms with E-state index in [1.54, 1.807) is 38.3 Å². The zero-order valence-electron chi connectivity index (χ0n) is 21.6. The molecule has 1 aromatic carbocycles. The van der Waals surface area contributed by atoms with Gasteiger partial charge in [0.2, 0.25) is 11.6 Å². The number of aromatic amines is 1. The summed E-state index contributed by atoms with van der Waals surface area (Å²) in [6.45, 7) is 8.72. The molecule has 3 aromatic rings. The van der Waals surface area contributed by atoms with E-state index in [0.29, 0.717) is 27.9 Å². The molecule has 0 saturated carbocycles. The number of esters is 1. The molecule has 11 heteroatoms. The van der Waals surface area contributed by atoms with Crippen LogP contribution < -0.4 is 20.4 Å². The molecule has 0 aliphatic heterocycles. The van der Waals surface area contributed by atoms with Gasteiger partial charge in [0.25, 0.3) is 0 Å². The van der Waals surface area contributed by atoms with Crippen LogP contribution in [0, 0.1) is 11.3 Å². The fourth-order valence-electron chi connectivity index (χ4n) is 4.42. The van der Waals surface area contributed by atoms with E-state index in [-0.39, 0.29) is 28.7 Å². The summed E-state index contributed by atoms with van der Waals surface area (Å²) in [7, 11) is 1.57. The first-order valence-electron chi connectivity index (χ1n) is 12.1. The lowest BCUT2D eigenvalue weighted by Crippen LogP contribution is -2.36. The average Bonchev–Trinajstić information content (AvgIpc) is 3.41. The Bertz CT molecular complexity index is 1330. The smallest absolute Gasteiger partial charge is 0.442 e. The van der Waals surface area contributed by atoms with Crippen molar-refractivity contribution in [3.05, 3.63) is 50.7 Å². The maximum absolute atomic E-state index is 13.0. The van der Waals surface area contributed by atoms with E-state index in [2.05, 4.69) is 31.4 Å². The predicted octanol–water partition coefficient (Wildman–Crippen LogP) is 4.37. The Morgan fingerprint density at radius 1 is 1.27 bits per heavy atom. The number of anilines is 1. The SMILES string of the molecule is CCOC(=O)c1c(NC(=O)CSc2c(=O)o[nH][n+]2-c2ccc(OC)cc2)sc2c1CCC(C(C)(C)C)C2. The number of benzene rings is 1. The monoisotopic (exact) mass is 546 g/mol. The van der Waals surface area contributed by atoms with Crippen LogP contribution in [-0.2, 0) is 22.4 Å². The first-order chi connectivity index (χ1) is 17.6. The summed E-state index contributed by atoms with van der Waals surface area (Å²) in [6.07, 6.45) is 2.63. The normalized spacial score (nSPS) is 15.2. The van der Waals surface area contributed by atoms with Crippen LogP contribution in [-0.4, -0.2) is 36.6 Å². The maximum atomic E-state index is 13.0. The highest BCUT2D eigenvalue weighted by Crippen LogP contribution is 2.44. The van der Waals surface area contributed by atoms with Crippen LogP contribution >= 0.6 is 23.1 Å². The Morgan fingerprint density at radius 2 is 2.00 bits per heavy atom. The number of H-pyrrole nitrogens is 1. The fraction of sp³-hybridized carbons (Fsp3) is 0.462. The third-order valence-corrected chi connectivity index (χ3v) is 8.70. The van der Waals surface area contributed by atoms with E-state index >= 15 is 0 Å². The molecule has 1 unspecified atom stereocenters.